The van der Waals surface area contributed by atoms with Gasteiger partial charge in [0.15, 0.2) is 6.04 Å². The summed E-state index contributed by atoms with van der Waals surface area (Å²) in [6.45, 7) is 0. The zero-order valence-corrected chi connectivity index (χ0v) is 15.8. The van der Waals surface area contributed by atoms with Crippen LogP contribution in [0.3, 0.4) is 0 Å². The van der Waals surface area contributed by atoms with Gasteiger partial charge in [-0.15, -0.1) is 0 Å². The van der Waals surface area contributed by atoms with Crippen molar-refractivity contribution in [2.24, 2.45) is 0 Å². The van der Waals surface area contributed by atoms with Crippen LogP contribution in [0.4, 0.5) is 5.69 Å². The summed E-state index contributed by atoms with van der Waals surface area (Å²) in [5, 5.41) is 11.0. The molecule has 0 bridgehead atoms. The number of sulfonamides is 1. The van der Waals surface area contributed by atoms with E-state index in [2.05, 4.69) is 4.72 Å². The number of carbonyl (C=O) groups is 1. The smallest absolute Gasteiger partial charge is 0.331 e. The number of rotatable bonds is 5. The Bertz CT molecular complexity index is 1110. The fraction of sp³-hybridized carbons (Fsp3) is 0.118. The lowest BCUT2D eigenvalue weighted by atomic mass is 10.1. The van der Waals surface area contributed by atoms with E-state index in [4.69, 9.17) is 23.2 Å². The SMILES string of the molecule is CS(=O)(=O)Nc1cccc2c1ccn2C(C(=O)O)c1ccc(Cl)cc1Cl. The van der Waals surface area contributed by atoms with Crippen molar-refractivity contribution >= 4 is 55.8 Å². The van der Waals surface area contributed by atoms with Gasteiger partial charge in [0.1, 0.15) is 0 Å². The van der Waals surface area contributed by atoms with Crippen LogP contribution in [0, 0.1) is 0 Å². The third-order valence-corrected chi connectivity index (χ3v) is 4.98. The number of aliphatic carboxylic acids is 1. The Morgan fingerprint density at radius 3 is 2.54 bits per heavy atom. The summed E-state index contributed by atoms with van der Waals surface area (Å²) in [5.41, 5.74) is 1.30. The molecule has 1 unspecified atom stereocenters. The average Bonchev–Trinajstić information content (AvgIpc) is 2.93. The molecule has 0 saturated carbocycles. The van der Waals surface area contributed by atoms with Crippen LogP contribution in [-0.4, -0.2) is 30.3 Å². The molecule has 0 aliphatic rings. The van der Waals surface area contributed by atoms with Crippen molar-refractivity contribution in [3.63, 3.8) is 0 Å². The third-order valence-electron chi connectivity index (χ3n) is 3.83. The topological polar surface area (TPSA) is 88.4 Å². The van der Waals surface area contributed by atoms with Gasteiger partial charge in [-0.05, 0) is 30.3 Å². The van der Waals surface area contributed by atoms with Gasteiger partial charge in [-0.2, -0.15) is 0 Å². The van der Waals surface area contributed by atoms with Gasteiger partial charge in [0.05, 0.1) is 17.5 Å². The first-order valence-electron chi connectivity index (χ1n) is 7.42. The van der Waals surface area contributed by atoms with Gasteiger partial charge in [-0.3, -0.25) is 4.72 Å². The Balaban J connectivity index is 2.19. The van der Waals surface area contributed by atoms with Gasteiger partial charge in [0.2, 0.25) is 10.0 Å². The molecule has 2 aromatic carbocycles. The molecule has 1 atom stereocenters. The minimum absolute atomic E-state index is 0.233. The molecule has 0 fully saturated rings. The van der Waals surface area contributed by atoms with E-state index in [1.165, 1.54) is 10.6 Å². The maximum atomic E-state index is 12.0. The maximum absolute atomic E-state index is 12.0. The van der Waals surface area contributed by atoms with Crippen LogP contribution in [0.5, 0.6) is 0 Å². The molecule has 0 aliphatic carbocycles. The van der Waals surface area contributed by atoms with Crippen LogP contribution in [0.25, 0.3) is 10.9 Å². The Morgan fingerprint density at radius 2 is 1.92 bits per heavy atom. The first-order chi connectivity index (χ1) is 12.2. The largest absolute Gasteiger partial charge is 0.479 e. The molecule has 9 heteroatoms. The van der Waals surface area contributed by atoms with Crippen molar-refractivity contribution in [3.8, 4) is 0 Å². The summed E-state index contributed by atoms with van der Waals surface area (Å²) < 4.78 is 27.1. The molecular formula is C17H14Cl2N2O4S. The zero-order chi connectivity index (χ0) is 19.1. The second-order valence-electron chi connectivity index (χ2n) is 5.74. The molecule has 3 aromatic rings. The third kappa shape index (κ3) is 3.65. The molecule has 0 aliphatic heterocycles. The number of nitrogens with zero attached hydrogens (tertiary/aromatic N) is 1. The van der Waals surface area contributed by atoms with E-state index in [9.17, 15) is 18.3 Å². The lowest BCUT2D eigenvalue weighted by Gasteiger charge is -2.18. The minimum atomic E-state index is -3.47. The highest BCUT2D eigenvalue weighted by atomic mass is 35.5. The van der Waals surface area contributed by atoms with E-state index >= 15 is 0 Å². The van der Waals surface area contributed by atoms with Gasteiger partial charge in [-0.25, -0.2) is 13.2 Å². The highest BCUT2D eigenvalue weighted by Crippen LogP contribution is 2.33. The fourth-order valence-electron chi connectivity index (χ4n) is 2.83. The van der Waals surface area contributed by atoms with Crippen LogP contribution in [0.2, 0.25) is 10.0 Å². The summed E-state index contributed by atoms with van der Waals surface area (Å²) in [6.07, 6.45) is 2.64. The van der Waals surface area contributed by atoms with Crippen LogP contribution in [-0.2, 0) is 14.8 Å². The van der Waals surface area contributed by atoms with Gasteiger partial charge >= 0.3 is 5.97 Å². The predicted octanol–water partition coefficient (Wildman–Crippen LogP) is 3.99. The fourth-order valence-corrected chi connectivity index (χ4v) is 3.92. The summed E-state index contributed by atoms with van der Waals surface area (Å²) in [5.74, 6) is -1.10. The first kappa shape index (κ1) is 18.6. The molecule has 2 N–H and O–H groups in total. The van der Waals surface area contributed by atoms with Gasteiger partial charge < -0.3 is 9.67 Å². The van der Waals surface area contributed by atoms with E-state index in [-0.39, 0.29) is 5.02 Å². The molecular weight excluding hydrogens is 399 g/mol. The summed E-state index contributed by atoms with van der Waals surface area (Å²) in [7, 11) is -3.47. The van der Waals surface area contributed by atoms with Crippen LogP contribution in [0.15, 0.2) is 48.7 Å². The van der Waals surface area contributed by atoms with E-state index in [1.54, 1.807) is 42.6 Å². The van der Waals surface area contributed by atoms with Crippen LogP contribution < -0.4 is 4.72 Å². The molecule has 0 saturated heterocycles. The molecule has 3 rings (SSSR count). The Hall–Kier alpha value is -2.22. The van der Waals surface area contributed by atoms with Crippen LogP contribution in [0.1, 0.15) is 11.6 Å². The lowest BCUT2D eigenvalue weighted by molar-refractivity contribution is -0.139. The summed E-state index contributed by atoms with van der Waals surface area (Å²) >= 11 is 12.1. The Morgan fingerprint density at radius 1 is 1.19 bits per heavy atom. The molecule has 26 heavy (non-hydrogen) atoms. The standard InChI is InChI=1S/C17H14Cl2N2O4S/c1-26(24,25)20-14-3-2-4-15-12(14)7-8-21(15)16(17(22)23)11-6-5-10(18)9-13(11)19/h2-9,16,20H,1H3,(H,22,23). The second-order valence-corrected chi connectivity index (χ2v) is 8.33. The number of hydrogen-bond donors (Lipinski definition) is 2. The maximum Gasteiger partial charge on any atom is 0.331 e. The highest BCUT2D eigenvalue weighted by molar-refractivity contribution is 7.92. The summed E-state index contributed by atoms with van der Waals surface area (Å²) in [6, 6.07) is 10.1. The van der Waals surface area contributed by atoms with Crippen molar-refractivity contribution in [1.82, 2.24) is 4.57 Å². The molecule has 0 radical (unpaired) electrons. The van der Waals surface area contributed by atoms with Crippen molar-refractivity contribution in [2.45, 2.75) is 6.04 Å². The van der Waals surface area contributed by atoms with Gasteiger partial charge in [0.25, 0.3) is 0 Å². The van der Waals surface area contributed by atoms with Gasteiger partial charge in [0, 0.05) is 27.2 Å². The number of anilines is 1. The molecule has 6 nitrogen and oxygen atoms in total. The molecule has 1 aromatic heterocycles. The van der Waals surface area contributed by atoms with E-state index in [1.807, 2.05) is 0 Å². The van der Waals surface area contributed by atoms with Gasteiger partial charge in [-0.1, -0.05) is 35.3 Å². The van der Waals surface area contributed by atoms with Crippen LogP contribution >= 0.6 is 23.2 Å². The first-order valence-corrected chi connectivity index (χ1v) is 10.1. The van der Waals surface area contributed by atoms with E-state index in [0.717, 1.165) is 6.26 Å². The Labute approximate surface area is 160 Å². The highest BCUT2D eigenvalue weighted by Gasteiger charge is 2.26. The minimum Gasteiger partial charge on any atom is -0.479 e. The van der Waals surface area contributed by atoms with E-state index < -0.39 is 22.0 Å². The molecule has 1 heterocycles. The van der Waals surface area contributed by atoms with E-state index in [0.29, 0.717) is 27.2 Å². The predicted molar refractivity (Wildman–Crippen MR) is 103 cm³/mol. The van der Waals surface area contributed by atoms with Crippen molar-refractivity contribution in [3.05, 3.63) is 64.3 Å². The van der Waals surface area contributed by atoms with Crippen molar-refractivity contribution in [1.29, 1.82) is 0 Å². The Kier molecular flexibility index (Phi) is 4.88. The quantitative estimate of drug-likeness (QED) is 0.662. The summed E-state index contributed by atoms with van der Waals surface area (Å²) in [4.78, 5) is 12.0. The average molecular weight is 413 g/mol. The normalized spacial score (nSPS) is 12.9. The molecule has 0 amide bonds. The van der Waals surface area contributed by atoms with Crippen molar-refractivity contribution in [2.75, 3.05) is 11.0 Å². The zero-order valence-electron chi connectivity index (χ0n) is 13.5. The number of halogens is 2. The molecule has 136 valence electrons. The number of carboxylic acid groups (broad SMARTS) is 1. The number of hydrogen-bond acceptors (Lipinski definition) is 3. The lowest BCUT2D eigenvalue weighted by Crippen LogP contribution is -2.20. The van der Waals surface area contributed by atoms with Crippen molar-refractivity contribution < 1.29 is 18.3 Å². The second kappa shape index (κ2) is 6.83. The number of carboxylic acids is 1. The number of fused-ring (bicyclic) bond motifs is 1. The number of benzene rings is 2. The monoisotopic (exact) mass is 412 g/mol. The number of nitrogens with one attached hydrogen (secondary N) is 1. The molecule has 0 spiro atoms. The number of aromatic nitrogens is 1.